The van der Waals surface area contributed by atoms with E-state index in [1.165, 1.54) is 0 Å². The molecule has 0 unspecified atom stereocenters. The fourth-order valence-corrected chi connectivity index (χ4v) is 1.42. The molecule has 0 fully saturated rings. The van der Waals surface area contributed by atoms with Gasteiger partial charge in [-0.3, -0.25) is 0 Å². The minimum absolute atomic E-state index is 0.0314. The molecule has 2 aromatic rings. The van der Waals surface area contributed by atoms with E-state index in [0.29, 0.717) is 18.3 Å². The number of rotatable bonds is 4. The van der Waals surface area contributed by atoms with Gasteiger partial charge in [0.1, 0.15) is 5.75 Å². The molecule has 0 bridgehead atoms. The van der Waals surface area contributed by atoms with E-state index < -0.39 is 0 Å². The van der Waals surface area contributed by atoms with E-state index in [2.05, 4.69) is 10.1 Å². The summed E-state index contributed by atoms with van der Waals surface area (Å²) in [6.45, 7) is 3.99. The first-order valence-corrected chi connectivity index (χ1v) is 5.42. The van der Waals surface area contributed by atoms with E-state index in [1.807, 2.05) is 31.2 Å². The van der Waals surface area contributed by atoms with E-state index >= 15 is 0 Å². The molecule has 0 radical (unpaired) electrons. The first kappa shape index (κ1) is 11.6. The lowest BCUT2D eigenvalue weighted by molar-refractivity contribution is 0.285. The standard InChI is InChI=1S/C12H15N3O2/c1-8(13)10-3-5-11(6-4-10)16-7-12-14-9(2)17-15-12/h3-6,8H,7,13H2,1-2H3/t8-/m0/s1. The Morgan fingerprint density at radius 3 is 2.59 bits per heavy atom. The Labute approximate surface area is 99.6 Å². The normalized spacial score (nSPS) is 12.4. The molecule has 1 heterocycles. The van der Waals surface area contributed by atoms with Crippen molar-refractivity contribution in [2.75, 3.05) is 0 Å². The van der Waals surface area contributed by atoms with Gasteiger partial charge in [-0.15, -0.1) is 0 Å². The maximum atomic E-state index is 5.76. The van der Waals surface area contributed by atoms with Crippen molar-refractivity contribution in [3.05, 3.63) is 41.5 Å². The predicted molar refractivity (Wildman–Crippen MR) is 62.4 cm³/mol. The number of nitrogens with zero attached hydrogens (tertiary/aromatic N) is 2. The third-order valence-corrected chi connectivity index (χ3v) is 2.34. The van der Waals surface area contributed by atoms with Gasteiger partial charge in [-0.05, 0) is 24.6 Å². The summed E-state index contributed by atoms with van der Waals surface area (Å²) >= 11 is 0. The quantitative estimate of drug-likeness (QED) is 0.873. The fraction of sp³-hybridized carbons (Fsp3) is 0.333. The van der Waals surface area contributed by atoms with Crippen LogP contribution in [0.25, 0.3) is 0 Å². The van der Waals surface area contributed by atoms with Crippen molar-refractivity contribution >= 4 is 0 Å². The molecule has 5 nitrogen and oxygen atoms in total. The lowest BCUT2D eigenvalue weighted by Gasteiger charge is -2.07. The van der Waals surface area contributed by atoms with Gasteiger partial charge in [0.05, 0.1) is 0 Å². The molecule has 0 saturated heterocycles. The van der Waals surface area contributed by atoms with E-state index in [4.69, 9.17) is 15.0 Å². The van der Waals surface area contributed by atoms with Crippen molar-refractivity contribution in [1.82, 2.24) is 10.1 Å². The van der Waals surface area contributed by atoms with E-state index in [-0.39, 0.29) is 6.04 Å². The van der Waals surface area contributed by atoms with Gasteiger partial charge in [-0.25, -0.2) is 0 Å². The van der Waals surface area contributed by atoms with E-state index in [9.17, 15) is 0 Å². The first-order chi connectivity index (χ1) is 8.15. The molecule has 5 heteroatoms. The average Bonchev–Trinajstić information content (AvgIpc) is 2.73. The van der Waals surface area contributed by atoms with Crippen LogP contribution >= 0.6 is 0 Å². The summed E-state index contributed by atoms with van der Waals surface area (Å²) in [5, 5.41) is 3.75. The summed E-state index contributed by atoms with van der Waals surface area (Å²) in [6, 6.07) is 7.68. The van der Waals surface area contributed by atoms with Crippen LogP contribution in [-0.2, 0) is 6.61 Å². The molecule has 0 amide bonds. The Balaban J connectivity index is 1.95. The van der Waals surface area contributed by atoms with Gasteiger partial charge in [0, 0.05) is 13.0 Å². The van der Waals surface area contributed by atoms with Gasteiger partial charge >= 0.3 is 0 Å². The van der Waals surface area contributed by atoms with Gasteiger partial charge in [-0.1, -0.05) is 17.3 Å². The SMILES string of the molecule is Cc1nc(COc2ccc([C@H](C)N)cc2)no1. The predicted octanol–water partition coefficient (Wildman–Crippen LogP) is 1.98. The second kappa shape index (κ2) is 4.97. The molecule has 2 N–H and O–H groups in total. The highest BCUT2D eigenvalue weighted by molar-refractivity contribution is 5.28. The molecule has 0 aliphatic heterocycles. The molecule has 0 aliphatic carbocycles. The minimum atomic E-state index is 0.0314. The number of hydrogen-bond donors (Lipinski definition) is 1. The lowest BCUT2D eigenvalue weighted by Crippen LogP contribution is -2.04. The topological polar surface area (TPSA) is 74.2 Å². The maximum Gasteiger partial charge on any atom is 0.223 e. The van der Waals surface area contributed by atoms with Gasteiger partial charge in [0.25, 0.3) is 0 Å². The first-order valence-electron chi connectivity index (χ1n) is 5.42. The molecule has 1 atom stereocenters. The highest BCUT2D eigenvalue weighted by atomic mass is 16.5. The number of hydrogen-bond acceptors (Lipinski definition) is 5. The smallest absolute Gasteiger partial charge is 0.223 e. The summed E-state index contributed by atoms with van der Waals surface area (Å²) in [6.07, 6.45) is 0. The van der Waals surface area contributed by atoms with Crippen LogP contribution < -0.4 is 10.5 Å². The van der Waals surface area contributed by atoms with Gasteiger partial charge < -0.3 is 15.0 Å². The van der Waals surface area contributed by atoms with Gasteiger partial charge in [-0.2, -0.15) is 4.98 Å². The third-order valence-electron chi connectivity index (χ3n) is 2.34. The van der Waals surface area contributed by atoms with Crippen molar-refractivity contribution in [3.8, 4) is 5.75 Å². The number of ether oxygens (including phenoxy) is 1. The second-order valence-electron chi connectivity index (χ2n) is 3.88. The summed E-state index contributed by atoms with van der Waals surface area (Å²) in [5.74, 6) is 1.84. The van der Waals surface area contributed by atoms with Crippen molar-refractivity contribution in [3.63, 3.8) is 0 Å². The Hall–Kier alpha value is -1.88. The summed E-state index contributed by atoms with van der Waals surface area (Å²) in [5.41, 5.74) is 6.83. The Kier molecular flexibility index (Phi) is 3.39. The minimum Gasteiger partial charge on any atom is -0.485 e. The van der Waals surface area contributed by atoms with Crippen LogP contribution in [-0.4, -0.2) is 10.1 Å². The lowest BCUT2D eigenvalue weighted by atomic mass is 10.1. The van der Waals surface area contributed by atoms with Crippen molar-refractivity contribution in [2.24, 2.45) is 5.73 Å². The summed E-state index contributed by atoms with van der Waals surface area (Å²) < 4.78 is 10.4. The van der Waals surface area contributed by atoms with E-state index in [1.54, 1.807) is 6.92 Å². The number of aryl methyl sites for hydroxylation is 1. The molecule has 0 spiro atoms. The Bertz CT molecular complexity index is 477. The zero-order valence-electron chi connectivity index (χ0n) is 9.88. The number of benzene rings is 1. The second-order valence-corrected chi connectivity index (χ2v) is 3.88. The number of nitrogens with two attached hydrogens (primary N) is 1. The molecule has 0 saturated carbocycles. The highest BCUT2D eigenvalue weighted by Gasteiger charge is 2.04. The molecular formula is C12H15N3O2. The number of aromatic nitrogens is 2. The van der Waals surface area contributed by atoms with Crippen molar-refractivity contribution < 1.29 is 9.26 Å². The Morgan fingerprint density at radius 2 is 2.06 bits per heavy atom. The van der Waals surface area contributed by atoms with Crippen LogP contribution in [0, 0.1) is 6.92 Å². The van der Waals surface area contributed by atoms with Crippen molar-refractivity contribution in [1.29, 1.82) is 0 Å². The molecule has 17 heavy (non-hydrogen) atoms. The molecule has 2 rings (SSSR count). The molecule has 1 aromatic heterocycles. The summed E-state index contributed by atoms with van der Waals surface area (Å²) in [7, 11) is 0. The Morgan fingerprint density at radius 1 is 1.35 bits per heavy atom. The zero-order valence-corrected chi connectivity index (χ0v) is 9.88. The van der Waals surface area contributed by atoms with Crippen LogP contribution in [0.5, 0.6) is 5.75 Å². The van der Waals surface area contributed by atoms with Crippen LogP contribution in [0.2, 0.25) is 0 Å². The van der Waals surface area contributed by atoms with Gasteiger partial charge in [0.15, 0.2) is 6.61 Å². The monoisotopic (exact) mass is 233 g/mol. The van der Waals surface area contributed by atoms with E-state index in [0.717, 1.165) is 11.3 Å². The summed E-state index contributed by atoms with van der Waals surface area (Å²) in [4.78, 5) is 4.05. The zero-order chi connectivity index (χ0) is 12.3. The van der Waals surface area contributed by atoms with Crippen LogP contribution in [0.3, 0.4) is 0 Å². The van der Waals surface area contributed by atoms with Crippen LogP contribution in [0.1, 0.15) is 30.2 Å². The fourth-order valence-electron chi connectivity index (χ4n) is 1.42. The average molecular weight is 233 g/mol. The van der Waals surface area contributed by atoms with Crippen LogP contribution in [0.15, 0.2) is 28.8 Å². The molecule has 90 valence electrons. The maximum absolute atomic E-state index is 5.76. The molecule has 1 aromatic carbocycles. The highest BCUT2D eigenvalue weighted by Crippen LogP contribution is 2.16. The molecule has 0 aliphatic rings. The van der Waals surface area contributed by atoms with Gasteiger partial charge in [0.2, 0.25) is 11.7 Å². The molecular weight excluding hydrogens is 218 g/mol. The van der Waals surface area contributed by atoms with Crippen molar-refractivity contribution in [2.45, 2.75) is 26.5 Å². The largest absolute Gasteiger partial charge is 0.485 e. The third kappa shape index (κ3) is 3.04. The van der Waals surface area contributed by atoms with Crippen LogP contribution in [0.4, 0.5) is 0 Å².